The van der Waals surface area contributed by atoms with E-state index >= 15 is 0 Å². The molecule has 1 aliphatic heterocycles. The van der Waals surface area contributed by atoms with Gasteiger partial charge in [-0.2, -0.15) is 0 Å². The van der Waals surface area contributed by atoms with Gasteiger partial charge in [0.2, 0.25) is 0 Å². The number of aromatic hydroxyl groups is 1. The Hall–Kier alpha value is -4.15. The van der Waals surface area contributed by atoms with E-state index in [0.29, 0.717) is 18.4 Å². The van der Waals surface area contributed by atoms with E-state index < -0.39 is 46.6 Å². The van der Waals surface area contributed by atoms with Crippen molar-refractivity contribution in [2.75, 3.05) is 40.3 Å². The normalized spacial score (nSPS) is 24.8. The first-order chi connectivity index (χ1) is 20.1. The van der Waals surface area contributed by atoms with Crippen LogP contribution in [0.3, 0.4) is 0 Å². The minimum absolute atomic E-state index is 0.00456. The Morgan fingerprint density at radius 3 is 2.48 bits per heavy atom. The number of rotatable bonds is 5. The average molecular weight is 574 g/mol. The maximum atomic E-state index is 13.9. The standard InChI is InChI=1S/C32H35N3O7/c1-34-7-9-35(10-8-34)15-19-11-16(3-6-24(19)42-2)20-4-5-22(36)27-21(20)13-17-12-18-14-23(37)28(32(33)41)31(40)26(18)29(38)25(17)30(27)39/h3-6,11,17-18,26,36-38H,7-10,12-15H2,1-2H3,(H2,33,41). The summed E-state index contributed by atoms with van der Waals surface area (Å²) in [6, 6.07) is 9.23. The number of ether oxygens (including phenoxy) is 1. The maximum Gasteiger partial charge on any atom is 0.255 e. The molecule has 3 atom stereocenters. The Morgan fingerprint density at radius 2 is 1.79 bits per heavy atom. The second-order valence-electron chi connectivity index (χ2n) is 11.8. The maximum absolute atomic E-state index is 13.9. The third-order valence-electron chi connectivity index (χ3n) is 9.35. The van der Waals surface area contributed by atoms with Gasteiger partial charge >= 0.3 is 0 Å². The third kappa shape index (κ3) is 4.55. The Labute approximate surface area is 243 Å². The fraction of sp³-hybridized carbons (Fsp3) is 0.406. The zero-order valence-electron chi connectivity index (χ0n) is 23.7. The number of benzene rings is 2. The molecule has 0 radical (unpaired) electrons. The van der Waals surface area contributed by atoms with Crippen LogP contribution in [-0.4, -0.2) is 82.9 Å². The number of aliphatic hydroxyl groups is 2. The SMILES string of the molecule is COc1ccc(-c2ccc(O)c3c2CC2CC4CC(O)=C(C(N)=O)C(=O)C4C(O)=C2C3=O)cc1CN1CCN(C)CC1. The highest BCUT2D eigenvalue weighted by atomic mass is 16.5. The summed E-state index contributed by atoms with van der Waals surface area (Å²) in [4.78, 5) is 43.5. The number of phenols is 1. The number of likely N-dealkylation sites (N-methyl/N-ethyl adjacent to an activating group) is 1. The molecule has 0 aromatic heterocycles. The first-order valence-corrected chi connectivity index (χ1v) is 14.3. The molecule has 10 heteroatoms. The molecule has 0 bridgehead atoms. The van der Waals surface area contributed by atoms with Crippen molar-refractivity contribution >= 4 is 17.5 Å². The first kappa shape index (κ1) is 28.0. The molecule has 4 aliphatic rings. The Morgan fingerprint density at radius 1 is 1.05 bits per heavy atom. The Balaban J connectivity index is 1.39. The van der Waals surface area contributed by atoms with Gasteiger partial charge in [0.25, 0.3) is 5.91 Å². The molecular weight excluding hydrogens is 538 g/mol. The summed E-state index contributed by atoms with van der Waals surface area (Å²) in [5, 5.41) is 32.5. The lowest BCUT2D eigenvalue weighted by molar-refractivity contribution is -0.126. The Bertz CT molecular complexity index is 1570. The van der Waals surface area contributed by atoms with Crippen LogP contribution in [-0.2, 0) is 22.6 Å². The number of carbonyl (C=O) groups excluding carboxylic acids is 3. The number of piperazine rings is 1. The third-order valence-corrected chi connectivity index (χ3v) is 9.35. The second kappa shape index (κ2) is 10.6. The number of allylic oxidation sites excluding steroid dienone is 3. The highest BCUT2D eigenvalue weighted by Gasteiger charge is 2.50. The fourth-order valence-corrected chi connectivity index (χ4v) is 7.23. The van der Waals surface area contributed by atoms with Gasteiger partial charge in [-0.1, -0.05) is 12.1 Å². The zero-order valence-corrected chi connectivity index (χ0v) is 23.7. The van der Waals surface area contributed by atoms with Crippen LogP contribution in [0, 0.1) is 17.8 Å². The van der Waals surface area contributed by atoms with Crippen LogP contribution in [0.25, 0.3) is 11.1 Å². The number of phenolic OH excluding ortho intramolecular Hbond substituents is 1. The number of nitrogens with zero attached hydrogens (tertiary/aromatic N) is 2. The number of primary amides is 1. The molecule has 1 amide bonds. The summed E-state index contributed by atoms with van der Waals surface area (Å²) < 4.78 is 5.67. The van der Waals surface area contributed by atoms with E-state index in [9.17, 15) is 29.7 Å². The van der Waals surface area contributed by atoms with Crippen molar-refractivity contribution in [1.29, 1.82) is 0 Å². The number of aliphatic hydroxyl groups excluding tert-OH is 2. The number of carbonyl (C=O) groups is 3. The number of nitrogens with two attached hydrogens (primary N) is 1. The molecule has 1 fully saturated rings. The lowest BCUT2D eigenvalue weighted by Crippen LogP contribution is -2.43. The smallest absolute Gasteiger partial charge is 0.255 e. The van der Waals surface area contributed by atoms with Crippen molar-refractivity contribution < 1.29 is 34.4 Å². The van der Waals surface area contributed by atoms with E-state index in [4.69, 9.17) is 10.5 Å². The first-order valence-electron chi connectivity index (χ1n) is 14.3. The molecule has 5 N–H and O–H groups in total. The number of hydrogen-bond acceptors (Lipinski definition) is 9. The summed E-state index contributed by atoms with van der Waals surface area (Å²) >= 11 is 0. The minimum Gasteiger partial charge on any atom is -0.511 e. The molecule has 6 rings (SSSR count). The molecule has 0 spiro atoms. The van der Waals surface area contributed by atoms with Gasteiger partial charge < -0.3 is 30.7 Å². The van der Waals surface area contributed by atoms with E-state index in [1.54, 1.807) is 13.2 Å². The van der Waals surface area contributed by atoms with Crippen LogP contribution in [0.15, 0.2) is 53.0 Å². The minimum atomic E-state index is -1.14. The second-order valence-corrected chi connectivity index (χ2v) is 11.8. The molecule has 2 aromatic carbocycles. The molecule has 2 aromatic rings. The molecule has 0 saturated carbocycles. The van der Waals surface area contributed by atoms with Gasteiger partial charge in [-0.05, 0) is 66.6 Å². The van der Waals surface area contributed by atoms with E-state index in [0.717, 1.165) is 55.2 Å². The van der Waals surface area contributed by atoms with Gasteiger partial charge in [-0.15, -0.1) is 0 Å². The molecule has 3 aliphatic carbocycles. The zero-order chi connectivity index (χ0) is 29.9. The lowest BCUT2D eigenvalue weighted by Gasteiger charge is -2.41. The van der Waals surface area contributed by atoms with Crippen LogP contribution in [0.5, 0.6) is 11.5 Å². The molecule has 1 saturated heterocycles. The van der Waals surface area contributed by atoms with Crippen LogP contribution in [0.2, 0.25) is 0 Å². The largest absolute Gasteiger partial charge is 0.511 e. The van der Waals surface area contributed by atoms with Gasteiger partial charge in [0.1, 0.15) is 28.6 Å². The number of hydrogen-bond donors (Lipinski definition) is 4. The highest BCUT2D eigenvalue weighted by molar-refractivity contribution is 6.22. The van der Waals surface area contributed by atoms with Crippen LogP contribution < -0.4 is 10.5 Å². The van der Waals surface area contributed by atoms with Crippen LogP contribution in [0.1, 0.15) is 34.3 Å². The molecule has 3 unspecified atom stereocenters. The predicted molar refractivity (Wildman–Crippen MR) is 154 cm³/mol. The molecular formula is C32H35N3O7. The quantitative estimate of drug-likeness (QED) is 0.396. The highest BCUT2D eigenvalue weighted by Crippen LogP contribution is 2.50. The van der Waals surface area contributed by atoms with Gasteiger partial charge in [0, 0.05) is 50.3 Å². The van der Waals surface area contributed by atoms with Crippen LogP contribution >= 0.6 is 0 Å². The number of ketones is 2. The fourth-order valence-electron chi connectivity index (χ4n) is 7.23. The number of methoxy groups -OCH3 is 1. The number of fused-ring (bicyclic) bond motifs is 3. The summed E-state index contributed by atoms with van der Waals surface area (Å²) in [7, 11) is 3.76. The predicted octanol–water partition coefficient (Wildman–Crippen LogP) is 2.89. The molecule has 1 heterocycles. The van der Waals surface area contributed by atoms with Crippen molar-refractivity contribution in [3.63, 3.8) is 0 Å². The van der Waals surface area contributed by atoms with Crippen LogP contribution in [0.4, 0.5) is 0 Å². The van der Waals surface area contributed by atoms with Crippen molar-refractivity contribution in [3.8, 4) is 22.6 Å². The molecule has 220 valence electrons. The van der Waals surface area contributed by atoms with E-state index in [1.807, 2.05) is 12.1 Å². The van der Waals surface area contributed by atoms with Crippen molar-refractivity contribution in [1.82, 2.24) is 9.80 Å². The topological polar surface area (TPSA) is 154 Å². The monoisotopic (exact) mass is 573 g/mol. The summed E-state index contributed by atoms with van der Waals surface area (Å²) in [6.07, 6.45) is 0.711. The summed E-state index contributed by atoms with van der Waals surface area (Å²) in [6.45, 7) is 4.59. The lowest BCUT2D eigenvalue weighted by atomic mass is 9.62. The number of amides is 1. The van der Waals surface area contributed by atoms with Gasteiger partial charge in [0.15, 0.2) is 11.6 Å². The van der Waals surface area contributed by atoms with Crippen molar-refractivity contribution in [2.24, 2.45) is 23.5 Å². The van der Waals surface area contributed by atoms with E-state index in [2.05, 4.69) is 22.9 Å². The average Bonchev–Trinajstić information content (AvgIpc) is 2.93. The molecule has 10 nitrogen and oxygen atoms in total. The van der Waals surface area contributed by atoms with E-state index in [-0.39, 0.29) is 29.1 Å². The summed E-state index contributed by atoms with van der Waals surface area (Å²) in [5.74, 6) is -4.61. The molecule has 42 heavy (non-hydrogen) atoms. The number of Topliss-reactive ketones (excluding diaryl/α,β-unsaturated/α-hetero) is 2. The van der Waals surface area contributed by atoms with Gasteiger partial charge in [-0.25, -0.2) is 0 Å². The Kier molecular flexibility index (Phi) is 7.06. The van der Waals surface area contributed by atoms with Gasteiger partial charge in [-0.3, -0.25) is 19.3 Å². The van der Waals surface area contributed by atoms with Crippen molar-refractivity contribution in [3.05, 3.63) is 69.7 Å². The van der Waals surface area contributed by atoms with E-state index in [1.165, 1.54) is 6.07 Å². The van der Waals surface area contributed by atoms with Gasteiger partial charge in [0.05, 0.1) is 18.6 Å². The summed E-state index contributed by atoms with van der Waals surface area (Å²) in [5.41, 5.74) is 8.38. The van der Waals surface area contributed by atoms with Crippen molar-refractivity contribution in [2.45, 2.75) is 25.8 Å².